The summed E-state index contributed by atoms with van der Waals surface area (Å²) in [6, 6.07) is 6.32. The Kier molecular flexibility index (Phi) is 5.98. The Morgan fingerprint density at radius 1 is 1.30 bits per heavy atom. The van der Waals surface area contributed by atoms with Crippen molar-refractivity contribution in [1.29, 1.82) is 0 Å². The first-order valence-corrected chi connectivity index (χ1v) is 11.3. The lowest BCUT2D eigenvalue weighted by Gasteiger charge is -2.29. The van der Waals surface area contributed by atoms with Crippen molar-refractivity contribution < 1.29 is 13.2 Å². The summed E-state index contributed by atoms with van der Waals surface area (Å²) in [4.78, 5) is 18.2. The third-order valence-electron chi connectivity index (χ3n) is 4.97. The molecule has 0 aliphatic carbocycles. The van der Waals surface area contributed by atoms with Gasteiger partial charge in [0.1, 0.15) is 0 Å². The average molecular weight is 408 g/mol. The highest BCUT2D eigenvalue weighted by molar-refractivity contribution is 7.89. The highest BCUT2D eigenvalue weighted by Crippen LogP contribution is 2.24. The lowest BCUT2D eigenvalue weighted by molar-refractivity contribution is 0.101. The first-order valence-electron chi connectivity index (χ1n) is 9.08. The molecule has 1 aliphatic rings. The average Bonchev–Trinajstić information content (AvgIpc) is 2.98. The Labute approximate surface area is 164 Å². The number of nitrogens with one attached hydrogen (secondary N) is 1. The molecular formula is C19H25N3O3S2. The summed E-state index contributed by atoms with van der Waals surface area (Å²) < 4.78 is 27.3. The molecule has 6 nitrogen and oxygen atoms in total. The Morgan fingerprint density at radius 3 is 2.63 bits per heavy atom. The number of rotatable bonds is 6. The van der Waals surface area contributed by atoms with E-state index in [4.69, 9.17) is 0 Å². The van der Waals surface area contributed by atoms with E-state index in [-0.39, 0.29) is 17.2 Å². The summed E-state index contributed by atoms with van der Waals surface area (Å²) in [5, 5.41) is 3.73. The first kappa shape index (κ1) is 20.0. The molecule has 0 bridgehead atoms. The van der Waals surface area contributed by atoms with Gasteiger partial charge in [-0.3, -0.25) is 4.79 Å². The van der Waals surface area contributed by atoms with Crippen molar-refractivity contribution >= 4 is 32.3 Å². The summed E-state index contributed by atoms with van der Waals surface area (Å²) in [7, 11) is -3.56. The van der Waals surface area contributed by atoms with Crippen molar-refractivity contribution in [2.75, 3.05) is 25.0 Å². The van der Waals surface area contributed by atoms with Gasteiger partial charge >= 0.3 is 0 Å². The van der Waals surface area contributed by atoms with Gasteiger partial charge in [-0.05, 0) is 44.7 Å². The first-order chi connectivity index (χ1) is 12.8. The second-order valence-electron chi connectivity index (χ2n) is 7.05. The quantitative estimate of drug-likeness (QED) is 0.742. The minimum absolute atomic E-state index is 0.0805. The van der Waals surface area contributed by atoms with Crippen LogP contribution in [0.25, 0.3) is 0 Å². The lowest BCUT2D eigenvalue weighted by atomic mass is 10.0. The van der Waals surface area contributed by atoms with Gasteiger partial charge in [-0.1, -0.05) is 19.1 Å². The highest BCUT2D eigenvalue weighted by atomic mass is 32.2. The highest BCUT2D eigenvalue weighted by Gasteiger charge is 2.28. The van der Waals surface area contributed by atoms with Gasteiger partial charge in [0.25, 0.3) is 0 Å². The summed E-state index contributed by atoms with van der Waals surface area (Å²) in [6.07, 6.45) is 1.74. The molecule has 8 heteroatoms. The third-order valence-corrected chi connectivity index (χ3v) is 7.89. The molecule has 1 fully saturated rings. The zero-order chi connectivity index (χ0) is 19.6. The molecule has 0 radical (unpaired) electrons. The number of aromatic nitrogens is 1. The van der Waals surface area contributed by atoms with Crippen LogP contribution >= 0.6 is 11.3 Å². The Balaban J connectivity index is 1.71. The predicted molar refractivity (Wildman–Crippen MR) is 108 cm³/mol. The maximum absolute atomic E-state index is 12.9. The fraction of sp³-hybridized carbons (Fsp3) is 0.474. The number of aryl methyl sites for hydroxylation is 2. The van der Waals surface area contributed by atoms with Crippen LogP contribution in [0.5, 0.6) is 0 Å². The minimum atomic E-state index is -3.56. The number of sulfonamides is 1. The van der Waals surface area contributed by atoms with Crippen molar-refractivity contribution in [3.63, 3.8) is 0 Å². The number of ketones is 1. The SMILES string of the molecule is Cc1nc(NCC(=O)c2cccc(S(=O)(=O)N3CCC(C)CC3)c2)sc1C. The van der Waals surface area contributed by atoms with E-state index < -0.39 is 10.0 Å². The van der Waals surface area contributed by atoms with E-state index in [0.29, 0.717) is 29.7 Å². The van der Waals surface area contributed by atoms with Crippen molar-refractivity contribution in [3.8, 4) is 0 Å². The van der Waals surface area contributed by atoms with Crippen LogP contribution in [0.1, 0.15) is 40.7 Å². The molecule has 0 atom stereocenters. The fourth-order valence-corrected chi connectivity index (χ4v) is 5.34. The number of carbonyl (C=O) groups is 1. The van der Waals surface area contributed by atoms with E-state index in [2.05, 4.69) is 17.2 Å². The van der Waals surface area contributed by atoms with Crippen LogP contribution in [0.2, 0.25) is 0 Å². The second kappa shape index (κ2) is 8.08. The van der Waals surface area contributed by atoms with Gasteiger partial charge in [-0.25, -0.2) is 13.4 Å². The fourth-order valence-electron chi connectivity index (χ4n) is 3.01. The molecule has 1 aromatic carbocycles. The molecule has 0 saturated carbocycles. The van der Waals surface area contributed by atoms with Gasteiger partial charge in [0.15, 0.2) is 10.9 Å². The number of piperidine rings is 1. The molecule has 27 heavy (non-hydrogen) atoms. The van der Waals surface area contributed by atoms with E-state index in [1.807, 2.05) is 13.8 Å². The number of hydrogen-bond acceptors (Lipinski definition) is 6. The second-order valence-corrected chi connectivity index (χ2v) is 10.2. The minimum Gasteiger partial charge on any atom is -0.354 e. The Morgan fingerprint density at radius 2 is 2.00 bits per heavy atom. The number of Topliss-reactive ketones (excluding diaryl/α,β-unsaturated/α-hetero) is 1. The van der Waals surface area contributed by atoms with Gasteiger partial charge in [0.05, 0.1) is 17.1 Å². The number of anilines is 1. The largest absolute Gasteiger partial charge is 0.354 e. The number of nitrogens with zero attached hydrogens (tertiary/aromatic N) is 2. The van der Waals surface area contributed by atoms with Crippen molar-refractivity contribution in [2.45, 2.75) is 38.5 Å². The Hall–Kier alpha value is -1.77. The van der Waals surface area contributed by atoms with Crippen LogP contribution in [0.3, 0.4) is 0 Å². The van der Waals surface area contributed by atoms with Gasteiger partial charge in [-0.15, -0.1) is 11.3 Å². The smallest absolute Gasteiger partial charge is 0.243 e. The van der Waals surface area contributed by atoms with Crippen LogP contribution < -0.4 is 5.32 Å². The molecule has 1 aliphatic heterocycles. The molecule has 146 valence electrons. The number of carbonyl (C=O) groups excluding carboxylic acids is 1. The summed E-state index contributed by atoms with van der Waals surface area (Å²) in [5.74, 6) is 0.387. The van der Waals surface area contributed by atoms with E-state index in [1.54, 1.807) is 18.2 Å². The zero-order valence-electron chi connectivity index (χ0n) is 15.9. The molecule has 0 amide bonds. The maximum Gasteiger partial charge on any atom is 0.243 e. The molecule has 0 unspecified atom stereocenters. The van der Waals surface area contributed by atoms with E-state index >= 15 is 0 Å². The van der Waals surface area contributed by atoms with E-state index in [0.717, 1.165) is 23.4 Å². The third kappa shape index (κ3) is 4.56. The summed E-state index contributed by atoms with van der Waals surface area (Å²) in [5.41, 5.74) is 1.33. The van der Waals surface area contributed by atoms with Crippen LogP contribution in [-0.4, -0.2) is 43.1 Å². The van der Waals surface area contributed by atoms with E-state index in [9.17, 15) is 13.2 Å². The molecule has 2 aromatic rings. The lowest BCUT2D eigenvalue weighted by Crippen LogP contribution is -2.37. The predicted octanol–water partition coefficient (Wildman–Crippen LogP) is 3.48. The van der Waals surface area contributed by atoms with Gasteiger partial charge in [-0.2, -0.15) is 4.31 Å². The molecule has 1 N–H and O–H groups in total. The van der Waals surface area contributed by atoms with Gasteiger partial charge in [0.2, 0.25) is 10.0 Å². The van der Waals surface area contributed by atoms with Crippen molar-refractivity contribution in [2.24, 2.45) is 5.92 Å². The monoisotopic (exact) mass is 407 g/mol. The summed E-state index contributed by atoms with van der Waals surface area (Å²) in [6.45, 7) is 7.20. The molecule has 1 saturated heterocycles. The topological polar surface area (TPSA) is 79.4 Å². The van der Waals surface area contributed by atoms with Gasteiger partial charge < -0.3 is 5.32 Å². The molecular weight excluding hydrogens is 382 g/mol. The van der Waals surface area contributed by atoms with Gasteiger partial charge in [0, 0.05) is 23.5 Å². The molecule has 3 rings (SSSR count). The number of benzene rings is 1. The van der Waals surface area contributed by atoms with E-state index in [1.165, 1.54) is 21.7 Å². The van der Waals surface area contributed by atoms with Crippen LogP contribution in [0.15, 0.2) is 29.2 Å². The standard InChI is InChI=1S/C19H25N3O3S2/c1-13-7-9-22(10-8-13)27(24,25)17-6-4-5-16(11-17)18(23)12-20-19-21-14(2)15(3)26-19/h4-6,11,13H,7-10,12H2,1-3H3,(H,20,21). The summed E-state index contributed by atoms with van der Waals surface area (Å²) >= 11 is 1.50. The van der Waals surface area contributed by atoms with Crippen LogP contribution in [-0.2, 0) is 10.0 Å². The molecule has 1 aromatic heterocycles. The maximum atomic E-state index is 12.9. The number of hydrogen-bond donors (Lipinski definition) is 1. The number of thiazole rings is 1. The van der Waals surface area contributed by atoms with Crippen LogP contribution in [0, 0.1) is 19.8 Å². The molecule has 0 spiro atoms. The zero-order valence-corrected chi connectivity index (χ0v) is 17.5. The van der Waals surface area contributed by atoms with Crippen molar-refractivity contribution in [1.82, 2.24) is 9.29 Å². The normalized spacial score (nSPS) is 16.4. The van der Waals surface area contributed by atoms with Crippen molar-refractivity contribution in [3.05, 3.63) is 40.4 Å². The Bertz CT molecular complexity index is 910. The van der Waals surface area contributed by atoms with Crippen LogP contribution in [0.4, 0.5) is 5.13 Å². The molecule has 2 heterocycles.